The molecule has 0 atom stereocenters. The van der Waals surface area contributed by atoms with E-state index >= 15 is 0 Å². The smallest absolute Gasteiger partial charge is 0.227 e. The summed E-state index contributed by atoms with van der Waals surface area (Å²) in [5, 5.41) is 3.33. The summed E-state index contributed by atoms with van der Waals surface area (Å²) >= 11 is 0. The first-order chi connectivity index (χ1) is 16.1. The molecule has 3 aromatic rings. The van der Waals surface area contributed by atoms with Gasteiger partial charge in [0.1, 0.15) is 12.4 Å². The summed E-state index contributed by atoms with van der Waals surface area (Å²) in [5.74, 6) is 1.52. The molecule has 1 fully saturated rings. The van der Waals surface area contributed by atoms with E-state index in [0.29, 0.717) is 5.95 Å². The van der Waals surface area contributed by atoms with E-state index in [1.54, 1.807) is 0 Å². The minimum absolute atomic E-state index is 0.630. The van der Waals surface area contributed by atoms with Crippen LogP contribution < -0.4 is 20.7 Å². The number of rotatable bonds is 7. The number of benzene rings is 2. The second-order valence-corrected chi connectivity index (χ2v) is 8.93. The fourth-order valence-corrected chi connectivity index (χ4v) is 4.61. The van der Waals surface area contributed by atoms with Crippen molar-refractivity contribution < 1.29 is 4.74 Å². The Hall–Kier alpha value is -3.32. The van der Waals surface area contributed by atoms with Gasteiger partial charge in [0.25, 0.3) is 0 Å². The van der Waals surface area contributed by atoms with Crippen molar-refractivity contribution in [3.05, 3.63) is 65.5 Å². The molecule has 2 aromatic carbocycles. The van der Waals surface area contributed by atoms with Crippen LogP contribution in [0.5, 0.6) is 5.75 Å². The number of hydrogen-bond donors (Lipinski definition) is 2. The molecule has 0 spiro atoms. The molecule has 1 saturated heterocycles. The van der Waals surface area contributed by atoms with Crippen LogP contribution in [0.2, 0.25) is 0 Å². The number of nitrogens with zero attached hydrogens (tertiary/aromatic N) is 4. The SMILES string of the molecule is Cc1ccc(N)cc1N1CCc2nc(Nc3ccc(OCCN4CCCC4)cc3)ncc2C1. The van der Waals surface area contributed by atoms with Crippen molar-refractivity contribution in [2.75, 3.05) is 48.7 Å². The lowest BCUT2D eigenvalue weighted by atomic mass is 10.0. The van der Waals surface area contributed by atoms with Gasteiger partial charge in [-0.1, -0.05) is 6.07 Å². The Balaban J connectivity index is 1.18. The topological polar surface area (TPSA) is 79.5 Å². The normalized spacial score (nSPS) is 16.0. The Labute approximate surface area is 195 Å². The molecule has 2 aliphatic heterocycles. The number of nitrogens with two attached hydrogens (primary N) is 1. The summed E-state index contributed by atoms with van der Waals surface area (Å²) in [4.78, 5) is 14.2. The first-order valence-corrected chi connectivity index (χ1v) is 11.8. The van der Waals surface area contributed by atoms with Gasteiger partial charge in [-0.3, -0.25) is 4.90 Å². The number of aryl methyl sites for hydroxylation is 1. The maximum absolute atomic E-state index is 6.01. The summed E-state index contributed by atoms with van der Waals surface area (Å²) in [6.07, 6.45) is 5.44. The molecule has 0 radical (unpaired) electrons. The zero-order valence-electron chi connectivity index (χ0n) is 19.3. The van der Waals surface area contributed by atoms with Crippen LogP contribution in [0.3, 0.4) is 0 Å². The van der Waals surface area contributed by atoms with Gasteiger partial charge in [0, 0.05) is 54.9 Å². The Bertz CT molecular complexity index is 1090. The number of ether oxygens (including phenoxy) is 1. The molecular weight excluding hydrogens is 412 g/mol. The van der Waals surface area contributed by atoms with Crippen molar-refractivity contribution in [2.45, 2.75) is 32.7 Å². The number of anilines is 4. The van der Waals surface area contributed by atoms with E-state index < -0.39 is 0 Å². The minimum atomic E-state index is 0.630. The molecule has 0 saturated carbocycles. The van der Waals surface area contributed by atoms with Gasteiger partial charge in [-0.25, -0.2) is 9.97 Å². The van der Waals surface area contributed by atoms with Crippen LogP contribution in [0, 0.1) is 6.92 Å². The third kappa shape index (κ3) is 5.20. The van der Waals surface area contributed by atoms with E-state index in [-0.39, 0.29) is 0 Å². The van der Waals surface area contributed by atoms with Crippen molar-refractivity contribution in [3.63, 3.8) is 0 Å². The monoisotopic (exact) mass is 444 g/mol. The average Bonchev–Trinajstić information content (AvgIpc) is 3.35. The zero-order chi connectivity index (χ0) is 22.6. The molecule has 0 bridgehead atoms. The first-order valence-electron chi connectivity index (χ1n) is 11.8. The number of nitrogen functional groups attached to an aromatic ring is 1. The Morgan fingerprint density at radius 1 is 1.06 bits per heavy atom. The molecule has 3 N–H and O–H groups in total. The third-order valence-corrected chi connectivity index (χ3v) is 6.49. The number of nitrogens with one attached hydrogen (secondary N) is 1. The zero-order valence-corrected chi connectivity index (χ0v) is 19.3. The standard InChI is InChI=1S/C26H32N6O/c1-19-4-5-21(27)16-25(19)32-13-10-24-20(18-32)17-28-26(30-24)29-22-6-8-23(9-7-22)33-15-14-31-11-2-3-12-31/h4-9,16-17H,2-3,10-15,18,27H2,1H3,(H,28,29,30). The Morgan fingerprint density at radius 3 is 2.70 bits per heavy atom. The van der Waals surface area contributed by atoms with E-state index in [2.05, 4.69) is 39.2 Å². The van der Waals surface area contributed by atoms with Crippen LogP contribution in [-0.4, -0.2) is 47.7 Å². The highest BCUT2D eigenvalue weighted by Gasteiger charge is 2.20. The van der Waals surface area contributed by atoms with Gasteiger partial charge in [0.15, 0.2) is 0 Å². The van der Waals surface area contributed by atoms with E-state index in [9.17, 15) is 0 Å². The second-order valence-electron chi connectivity index (χ2n) is 8.93. The number of fused-ring (bicyclic) bond motifs is 1. The van der Waals surface area contributed by atoms with Crippen molar-refractivity contribution in [2.24, 2.45) is 0 Å². The van der Waals surface area contributed by atoms with Crippen LogP contribution in [0.15, 0.2) is 48.7 Å². The van der Waals surface area contributed by atoms with Crippen LogP contribution in [0.25, 0.3) is 0 Å². The van der Waals surface area contributed by atoms with Crippen LogP contribution in [-0.2, 0) is 13.0 Å². The maximum atomic E-state index is 6.01. The first kappa shape index (κ1) is 21.5. The third-order valence-electron chi connectivity index (χ3n) is 6.49. The average molecular weight is 445 g/mol. The summed E-state index contributed by atoms with van der Waals surface area (Å²) in [7, 11) is 0. The van der Waals surface area contributed by atoms with Gasteiger partial charge in [-0.05, 0) is 74.8 Å². The summed E-state index contributed by atoms with van der Waals surface area (Å²) in [5.41, 5.74) is 12.4. The fraction of sp³-hybridized carbons (Fsp3) is 0.385. The predicted molar refractivity (Wildman–Crippen MR) is 133 cm³/mol. The van der Waals surface area contributed by atoms with Crippen LogP contribution in [0.4, 0.5) is 23.0 Å². The minimum Gasteiger partial charge on any atom is -0.492 e. The van der Waals surface area contributed by atoms with Gasteiger partial charge < -0.3 is 20.7 Å². The lowest BCUT2D eigenvalue weighted by Gasteiger charge is -2.31. The number of likely N-dealkylation sites (tertiary alicyclic amines) is 1. The Kier molecular flexibility index (Phi) is 6.30. The van der Waals surface area contributed by atoms with E-state index in [0.717, 1.165) is 61.0 Å². The molecule has 0 aliphatic carbocycles. The fourth-order valence-electron chi connectivity index (χ4n) is 4.61. The highest BCUT2D eigenvalue weighted by atomic mass is 16.5. The maximum Gasteiger partial charge on any atom is 0.227 e. The van der Waals surface area contributed by atoms with Crippen LogP contribution >= 0.6 is 0 Å². The lowest BCUT2D eigenvalue weighted by Crippen LogP contribution is -2.31. The van der Waals surface area contributed by atoms with Gasteiger partial charge >= 0.3 is 0 Å². The summed E-state index contributed by atoms with van der Waals surface area (Å²) in [6.45, 7) is 7.96. The molecule has 1 aromatic heterocycles. The quantitative estimate of drug-likeness (QED) is 0.530. The summed E-state index contributed by atoms with van der Waals surface area (Å²) in [6, 6.07) is 14.1. The molecule has 7 nitrogen and oxygen atoms in total. The largest absolute Gasteiger partial charge is 0.492 e. The van der Waals surface area contributed by atoms with Gasteiger partial charge in [0.05, 0.1) is 5.69 Å². The number of aromatic nitrogens is 2. The van der Waals surface area contributed by atoms with E-state index in [1.165, 1.54) is 37.2 Å². The van der Waals surface area contributed by atoms with Crippen molar-refractivity contribution in [3.8, 4) is 5.75 Å². The molecule has 7 heteroatoms. The van der Waals surface area contributed by atoms with Crippen molar-refractivity contribution >= 4 is 23.0 Å². The molecule has 33 heavy (non-hydrogen) atoms. The van der Waals surface area contributed by atoms with Crippen molar-refractivity contribution in [1.29, 1.82) is 0 Å². The van der Waals surface area contributed by atoms with Gasteiger partial charge in [0.2, 0.25) is 5.95 Å². The molecule has 3 heterocycles. The van der Waals surface area contributed by atoms with E-state index in [1.807, 2.05) is 36.5 Å². The molecular formula is C26H32N6O. The Morgan fingerprint density at radius 2 is 1.88 bits per heavy atom. The highest BCUT2D eigenvalue weighted by molar-refractivity contribution is 5.62. The molecule has 2 aliphatic rings. The predicted octanol–water partition coefficient (Wildman–Crippen LogP) is 4.15. The molecule has 0 unspecified atom stereocenters. The summed E-state index contributed by atoms with van der Waals surface area (Å²) < 4.78 is 5.90. The second kappa shape index (κ2) is 9.67. The van der Waals surface area contributed by atoms with Crippen LogP contribution in [0.1, 0.15) is 29.7 Å². The number of hydrogen-bond acceptors (Lipinski definition) is 7. The highest BCUT2D eigenvalue weighted by Crippen LogP contribution is 2.28. The van der Waals surface area contributed by atoms with E-state index in [4.69, 9.17) is 15.5 Å². The molecule has 5 rings (SSSR count). The lowest BCUT2D eigenvalue weighted by molar-refractivity contribution is 0.238. The van der Waals surface area contributed by atoms with Gasteiger partial charge in [-0.15, -0.1) is 0 Å². The van der Waals surface area contributed by atoms with Crippen molar-refractivity contribution in [1.82, 2.24) is 14.9 Å². The molecule has 0 amide bonds. The molecule has 172 valence electrons. The van der Waals surface area contributed by atoms with Gasteiger partial charge in [-0.2, -0.15) is 0 Å².